The average Bonchev–Trinajstić information content (AvgIpc) is 2.35. The van der Waals surface area contributed by atoms with E-state index in [-0.39, 0.29) is 12.2 Å². The summed E-state index contributed by atoms with van der Waals surface area (Å²) >= 11 is 9.46. The van der Waals surface area contributed by atoms with Crippen molar-refractivity contribution >= 4 is 33.3 Å². The fourth-order valence-corrected chi connectivity index (χ4v) is 2.51. The molecule has 0 fully saturated rings. The Kier molecular flexibility index (Phi) is 4.32. The smallest absolute Gasteiger partial charge is 0.169 e. The lowest BCUT2D eigenvalue weighted by atomic mass is 10.0. The number of hydrogen-bond donors (Lipinski definition) is 0. The normalized spacial score (nSPS) is 10.5. The number of carbonyl (C=O) groups is 1. The lowest BCUT2D eigenvalue weighted by Gasteiger charge is -2.06. The Labute approximate surface area is 125 Å². The molecule has 1 heterocycles. The molecule has 0 unspecified atom stereocenters. The van der Waals surface area contributed by atoms with Gasteiger partial charge in [0.1, 0.15) is 0 Å². The highest BCUT2D eigenvalue weighted by Gasteiger charge is 2.13. The van der Waals surface area contributed by atoms with Crippen LogP contribution in [0.5, 0.6) is 0 Å². The van der Waals surface area contributed by atoms with Gasteiger partial charge in [-0.05, 0) is 37.6 Å². The molecule has 0 bridgehead atoms. The third-order valence-electron chi connectivity index (χ3n) is 2.77. The monoisotopic (exact) mass is 338 g/mol. The van der Waals surface area contributed by atoms with Crippen molar-refractivity contribution in [1.82, 2.24) is 10.2 Å². The summed E-state index contributed by atoms with van der Waals surface area (Å²) in [6.45, 7) is 3.60. The lowest BCUT2D eigenvalue weighted by Crippen LogP contribution is -2.09. The van der Waals surface area contributed by atoms with Gasteiger partial charge in [0.05, 0.1) is 11.4 Å². The summed E-state index contributed by atoms with van der Waals surface area (Å²) in [5.41, 5.74) is 2.79. The van der Waals surface area contributed by atoms with Gasteiger partial charge in [0.25, 0.3) is 0 Å². The van der Waals surface area contributed by atoms with E-state index < -0.39 is 0 Å². The van der Waals surface area contributed by atoms with Gasteiger partial charge in [0.15, 0.2) is 5.78 Å². The summed E-state index contributed by atoms with van der Waals surface area (Å²) in [6, 6.07) is 7.27. The van der Waals surface area contributed by atoms with E-state index in [0.29, 0.717) is 16.3 Å². The van der Waals surface area contributed by atoms with E-state index in [1.165, 1.54) is 0 Å². The third-order valence-corrected chi connectivity index (χ3v) is 3.61. The van der Waals surface area contributed by atoms with Crippen LogP contribution in [0.2, 0.25) is 5.02 Å². The summed E-state index contributed by atoms with van der Waals surface area (Å²) in [7, 11) is 0. The predicted octanol–water partition coefficient (Wildman–Crippen LogP) is 3.93. The maximum atomic E-state index is 12.3. The number of carbonyl (C=O) groups excluding carboxylic acids is 1. The number of hydrogen-bond acceptors (Lipinski definition) is 3. The average molecular weight is 340 g/mol. The van der Waals surface area contributed by atoms with Crippen molar-refractivity contribution in [1.29, 1.82) is 0 Å². The number of nitrogens with zero attached hydrogens (tertiary/aromatic N) is 2. The third kappa shape index (κ3) is 3.39. The molecular weight excluding hydrogens is 328 g/mol. The Morgan fingerprint density at radius 3 is 2.68 bits per heavy atom. The van der Waals surface area contributed by atoms with Crippen LogP contribution in [-0.4, -0.2) is 16.0 Å². The molecule has 0 N–H and O–H groups in total. The molecule has 0 spiro atoms. The highest BCUT2D eigenvalue weighted by Crippen LogP contribution is 2.23. The van der Waals surface area contributed by atoms with Gasteiger partial charge in [-0.2, -0.15) is 10.2 Å². The van der Waals surface area contributed by atoms with Gasteiger partial charge in [0.2, 0.25) is 0 Å². The number of halogens is 2. The molecule has 0 aliphatic heterocycles. The minimum Gasteiger partial charge on any atom is -0.294 e. The number of aromatic nitrogens is 2. The molecule has 0 aliphatic rings. The molecule has 0 atom stereocenters. The standard InChI is InChI=1S/C14H12BrClN2O/c1-8-5-12(9(2)18-17-8)14(19)6-10-3-4-11(15)7-13(10)16/h3-5,7H,6H2,1-2H3. The topological polar surface area (TPSA) is 42.9 Å². The van der Waals surface area contributed by atoms with Crippen LogP contribution in [0.1, 0.15) is 27.3 Å². The van der Waals surface area contributed by atoms with E-state index in [0.717, 1.165) is 15.7 Å². The summed E-state index contributed by atoms with van der Waals surface area (Å²) in [6.07, 6.45) is 0.262. The maximum absolute atomic E-state index is 12.3. The van der Waals surface area contributed by atoms with Crippen LogP contribution in [0.3, 0.4) is 0 Å². The van der Waals surface area contributed by atoms with Gasteiger partial charge in [-0.25, -0.2) is 0 Å². The van der Waals surface area contributed by atoms with Crippen molar-refractivity contribution in [3.05, 3.63) is 56.3 Å². The number of rotatable bonds is 3. The Morgan fingerprint density at radius 1 is 1.26 bits per heavy atom. The maximum Gasteiger partial charge on any atom is 0.169 e. The molecule has 2 aromatic rings. The van der Waals surface area contributed by atoms with E-state index in [2.05, 4.69) is 26.1 Å². The Hall–Kier alpha value is -1.26. The number of benzene rings is 1. The zero-order valence-corrected chi connectivity index (χ0v) is 12.9. The van der Waals surface area contributed by atoms with Crippen molar-refractivity contribution in [3.63, 3.8) is 0 Å². The van der Waals surface area contributed by atoms with E-state index in [1.54, 1.807) is 19.1 Å². The largest absolute Gasteiger partial charge is 0.294 e. The molecule has 0 aliphatic carbocycles. The highest BCUT2D eigenvalue weighted by atomic mass is 79.9. The van der Waals surface area contributed by atoms with Crippen LogP contribution >= 0.6 is 27.5 Å². The molecule has 0 radical (unpaired) electrons. The molecule has 19 heavy (non-hydrogen) atoms. The van der Waals surface area contributed by atoms with Gasteiger partial charge in [0, 0.05) is 21.5 Å². The fraction of sp³-hybridized carbons (Fsp3) is 0.214. The van der Waals surface area contributed by atoms with Crippen molar-refractivity contribution in [2.45, 2.75) is 20.3 Å². The Morgan fingerprint density at radius 2 is 2.00 bits per heavy atom. The Bertz CT molecular complexity index is 643. The van der Waals surface area contributed by atoms with Crippen LogP contribution in [0.15, 0.2) is 28.7 Å². The summed E-state index contributed by atoms with van der Waals surface area (Å²) in [4.78, 5) is 12.3. The zero-order valence-electron chi connectivity index (χ0n) is 10.6. The second-order valence-electron chi connectivity index (χ2n) is 4.32. The summed E-state index contributed by atoms with van der Waals surface area (Å²) in [5.74, 6) is -0.000257. The van der Waals surface area contributed by atoms with Gasteiger partial charge < -0.3 is 0 Å². The summed E-state index contributed by atoms with van der Waals surface area (Å²) < 4.78 is 0.895. The van der Waals surface area contributed by atoms with Gasteiger partial charge >= 0.3 is 0 Å². The number of aryl methyl sites for hydroxylation is 2. The SMILES string of the molecule is Cc1cc(C(=O)Cc2ccc(Br)cc2Cl)c(C)nn1. The van der Waals surface area contributed by atoms with Gasteiger partial charge in [-0.1, -0.05) is 33.6 Å². The first kappa shape index (κ1) is 14.2. The van der Waals surface area contributed by atoms with Crippen molar-refractivity contribution < 1.29 is 4.79 Å². The highest BCUT2D eigenvalue weighted by molar-refractivity contribution is 9.10. The van der Waals surface area contributed by atoms with Crippen LogP contribution in [0, 0.1) is 13.8 Å². The van der Waals surface area contributed by atoms with Crippen LogP contribution < -0.4 is 0 Å². The second kappa shape index (κ2) is 5.80. The van der Waals surface area contributed by atoms with Crippen molar-refractivity contribution in [2.24, 2.45) is 0 Å². The molecular formula is C14H12BrClN2O. The predicted molar refractivity (Wildman–Crippen MR) is 78.7 cm³/mol. The van der Waals surface area contributed by atoms with Crippen molar-refractivity contribution in [3.8, 4) is 0 Å². The first-order valence-corrected chi connectivity index (χ1v) is 6.92. The minimum atomic E-state index is -0.000257. The van der Waals surface area contributed by atoms with E-state index in [1.807, 2.05) is 19.1 Å². The molecule has 98 valence electrons. The zero-order chi connectivity index (χ0) is 14.0. The Balaban J connectivity index is 2.28. The van der Waals surface area contributed by atoms with E-state index >= 15 is 0 Å². The fourth-order valence-electron chi connectivity index (χ4n) is 1.77. The summed E-state index contributed by atoms with van der Waals surface area (Å²) in [5, 5.41) is 8.47. The van der Waals surface area contributed by atoms with Crippen LogP contribution in [0.25, 0.3) is 0 Å². The lowest BCUT2D eigenvalue weighted by molar-refractivity contribution is 0.0991. The quantitative estimate of drug-likeness (QED) is 0.796. The van der Waals surface area contributed by atoms with Gasteiger partial charge in [-0.15, -0.1) is 0 Å². The van der Waals surface area contributed by atoms with E-state index in [4.69, 9.17) is 11.6 Å². The van der Waals surface area contributed by atoms with Crippen molar-refractivity contribution in [2.75, 3.05) is 0 Å². The molecule has 1 aromatic heterocycles. The van der Waals surface area contributed by atoms with Crippen LogP contribution in [0.4, 0.5) is 0 Å². The van der Waals surface area contributed by atoms with Gasteiger partial charge in [-0.3, -0.25) is 4.79 Å². The second-order valence-corrected chi connectivity index (χ2v) is 5.64. The molecule has 0 saturated heterocycles. The molecule has 5 heteroatoms. The molecule has 1 aromatic carbocycles. The number of ketones is 1. The molecule has 2 rings (SSSR count). The first-order chi connectivity index (χ1) is 8.97. The first-order valence-electron chi connectivity index (χ1n) is 5.75. The number of Topliss-reactive ketones (excluding diaryl/α,β-unsaturated/α-hetero) is 1. The molecule has 0 saturated carbocycles. The molecule has 0 amide bonds. The van der Waals surface area contributed by atoms with Crippen LogP contribution in [-0.2, 0) is 6.42 Å². The molecule has 3 nitrogen and oxygen atoms in total. The minimum absolute atomic E-state index is 0.000257. The van der Waals surface area contributed by atoms with E-state index in [9.17, 15) is 4.79 Å².